The standard InChI is InChI=1S/C24H27BrFN5O3/c25-17-12-16(13-28-14-17)24(34)31-11-1-10-30(23(33)15-2-4-18(26)5-3-15)22(31)21(32)29-20-8-6-19(27)7-9-20/h2-5,12-14,19-20,22H,1,6-11,27H2,(H,29,32). The number of amides is 3. The summed E-state index contributed by atoms with van der Waals surface area (Å²) >= 11 is 3.32. The van der Waals surface area contributed by atoms with Gasteiger partial charge in [0.1, 0.15) is 5.82 Å². The van der Waals surface area contributed by atoms with Crippen LogP contribution in [-0.2, 0) is 4.79 Å². The fraction of sp³-hybridized carbons (Fsp3) is 0.417. The van der Waals surface area contributed by atoms with Crippen LogP contribution in [0.1, 0.15) is 52.8 Å². The van der Waals surface area contributed by atoms with Crippen molar-refractivity contribution in [3.63, 3.8) is 0 Å². The molecule has 2 fully saturated rings. The van der Waals surface area contributed by atoms with Crippen molar-refractivity contribution >= 4 is 33.7 Å². The number of hydrogen-bond donors (Lipinski definition) is 2. The van der Waals surface area contributed by atoms with E-state index in [0.29, 0.717) is 29.5 Å². The highest BCUT2D eigenvalue weighted by Gasteiger charge is 2.41. The van der Waals surface area contributed by atoms with E-state index >= 15 is 0 Å². The smallest absolute Gasteiger partial charge is 0.264 e. The summed E-state index contributed by atoms with van der Waals surface area (Å²) in [7, 11) is 0. The number of nitrogens with one attached hydrogen (secondary N) is 1. The minimum absolute atomic E-state index is 0.0681. The molecule has 0 bridgehead atoms. The largest absolute Gasteiger partial charge is 0.350 e. The van der Waals surface area contributed by atoms with Crippen LogP contribution in [-0.4, -0.2) is 63.8 Å². The van der Waals surface area contributed by atoms with Gasteiger partial charge < -0.3 is 20.9 Å². The van der Waals surface area contributed by atoms with E-state index in [1.54, 1.807) is 12.3 Å². The van der Waals surface area contributed by atoms with E-state index in [2.05, 4.69) is 26.2 Å². The molecule has 1 saturated carbocycles. The van der Waals surface area contributed by atoms with E-state index in [9.17, 15) is 18.8 Å². The number of carbonyl (C=O) groups excluding carboxylic acids is 3. The van der Waals surface area contributed by atoms with Crippen molar-refractivity contribution in [3.05, 3.63) is 64.1 Å². The lowest BCUT2D eigenvalue weighted by molar-refractivity contribution is -0.133. The number of carbonyl (C=O) groups is 3. The fourth-order valence-electron chi connectivity index (χ4n) is 4.52. The number of nitrogens with zero attached hydrogens (tertiary/aromatic N) is 3. The molecule has 3 amide bonds. The Balaban J connectivity index is 1.63. The Hall–Kier alpha value is -2.85. The van der Waals surface area contributed by atoms with Crippen molar-refractivity contribution in [1.29, 1.82) is 0 Å². The first-order valence-corrected chi connectivity index (χ1v) is 12.2. The average Bonchev–Trinajstić information content (AvgIpc) is 2.84. The van der Waals surface area contributed by atoms with Crippen molar-refractivity contribution in [2.45, 2.75) is 50.4 Å². The predicted octanol–water partition coefficient (Wildman–Crippen LogP) is 2.68. The first-order valence-electron chi connectivity index (χ1n) is 11.4. The van der Waals surface area contributed by atoms with Gasteiger partial charge in [-0.3, -0.25) is 19.4 Å². The predicted molar refractivity (Wildman–Crippen MR) is 127 cm³/mol. The zero-order valence-corrected chi connectivity index (χ0v) is 20.2. The number of rotatable bonds is 4. The Morgan fingerprint density at radius 1 is 0.971 bits per heavy atom. The topological polar surface area (TPSA) is 109 Å². The second-order valence-electron chi connectivity index (χ2n) is 8.74. The van der Waals surface area contributed by atoms with Crippen molar-refractivity contribution in [3.8, 4) is 0 Å². The quantitative estimate of drug-likeness (QED) is 0.630. The van der Waals surface area contributed by atoms with Gasteiger partial charge in [-0.2, -0.15) is 0 Å². The zero-order valence-electron chi connectivity index (χ0n) is 18.6. The molecule has 2 heterocycles. The van der Waals surface area contributed by atoms with Crippen LogP contribution in [0.2, 0.25) is 0 Å². The first-order chi connectivity index (χ1) is 16.3. The van der Waals surface area contributed by atoms with Gasteiger partial charge in [-0.05, 0) is 78.4 Å². The summed E-state index contributed by atoms with van der Waals surface area (Å²) in [5.74, 6) is -1.70. The third-order valence-electron chi connectivity index (χ3n) is 6.31. The van der Waals surface area contributed by atoms with Crippen molar-refractivity contribution in [2.75, 3.05) is 13.1 Å². The van der Waals surface area contributed by atoms with Gasteiger partial charge in [0.05, 0.1) is 5.56 Å². The maximum absolute atomic E-state index is 13.5. The van der Waals surface area contributed by atoms with Gasteiger partial charge in [-0.25, -0.2) is 4.39 Å². The van der Waals surface area contributed by atoms with E-state index in [1.807, 2.05) is 0 Å². The molecule has 1 aliphatic carbocycles. The van der Waals surface area contributed by atoms with E-state index in [-0.39, 0.29) is 17.6 Å². The van der Waals surface area contributed by atoms with Gasteiger partial charge >= 0.3 is 0 Å². The van der Waals surface area contributed by atoms with Gasteiger partial charge in [0, 0.05) is 47.6 Å². The number of pyridine rings is 1. The van der Waals surface area contributed by atoms with E-state index in [4.69, 9.17) is 5.73 Å². The SMILES string of the molecule is NC1CCC(NC(=O)C2N(C(=O)c3ccc(F)cc3)CCCN2C(=O)c2cncc(Br)c2)CC1. The molecule has 2 aliphatic rings. The van der Waals surface area contributed by atoms with Crippen LogP contribution in [0.15, 0.2) is 47.2 Å². The summed E-state index contributed by atoms with van der Waals surface area (Å²) in [6, 6.07) is 6.86. The maximum Gasteiger partial charge on any atom is 0.264 e. The molecule has 1 aliphatic heterocycles. The molecule has 0 radical (unpaired) electrons. The van der Waals surface area contributed by atoms with Gasteiger partial charge in [0.15, 0.2) is 6.17 Å². The first kappa shape index (κ1) is 24.3. The van der Waals surface area contributed by atoms with E-state index in [1.165, 1.54) is 40.3 Å². The third-order valence-corrected chi connectivity index (χ3v) is 6.74. The Kier molecular flexibility index (Phi) is 7.57. The molecular formula is C24H27BrFN5O3. The van der Waals surface area contributed by atoms with Gasteiger partial charge in [0.25, 0.3) is 17.7 Å². The highest BCUT2D eigenvalue weighted by molar-refractivity contribution is 9.10. The molecule has 180 valence electrons. The molecule has 0 spiro atoms. The monoisotopic (exact) mass is 531 g/mol. The molecule has 1 aromatic carbocycles. The van der Waals surface area contributed by atoms with Crippen molar-refractivity contribution < 1.29 is 18.8 Å². The summed E-state index contributed by atoms with van der Waals surface area (Å²) in [4.78, 5) is 47.2. The average molecular weight is 532 g/mol. The van der Waals surface area contributed by atoms with Crippen molar-refractivity contribution in [1.82, 2.24) is 20.1 Å². The summed E-state index contributed by atoms with van der Waals surface area (Å²) in [6.45, 7) is 0.608. The summed E-state index contributed by atoms with van der Waals surface area (Å²) < 4.78 is 14.0. The van der Waals surface area contributed by atoms with Crippen LogP contribution >= 0.6 is 15.9 Å². The lowest BCUT2D eigenvalue weighted by atomic mass is 9.91. The summed E-state index contributed by atoms with van der Waals surface area (Å²) in [5, 5.41) is 3.04. The Bertz CT molecular complexity index is 1060. The number of aromatic nitrogens is 1. The second-order valence-corrected chi connectivity index (χ2v) is 9.66. The molecule has 1 saturated heterocycles. The highest BCUT2D eigenvalue weighted by atomic mass is 79.9. The van der Waals surface area contributed by atoms with Gasteiger partial charge in [-0.15, -0.1) is 0 Å². The Labute approximate surface area is 205 Å². The molecule has 4 rings (SSSR count). The second kappa shape index (κ2) is 10.6. The summed E-state index contributed by atoms with van der Waals surface area (Å²) in [6.07, 6.45) is 5.47. The van der Waals surface area contributed by atoms with Crippen LogP contribution in [0.25, 0.3) is 0 Å². The normalized spacial score (nSPS) is 22.9. The fourth-order valence-corrected chi connectivity index (χ4v) is 4.89. The van der Waals surface area contributed by atoms with Crippen LogP contribution < -0.4 is 11.1 Å². The van der Waals surface area contributed by atoms with E-state index in [0.717, 1.165) is 25.7 Å². The minimum atomic E-state index is -1.13. The van der Waals surface area contributed by atoms with Gasteiger partial charge in [0.2, 0.25) is 0 Å². The van der Waals surface area contributed by atoms with E-state index < -0.39 is 29.7 Å². The lowest BCUT2D eigenvalue weighted by Gasteiger charge is -2.43. The molecule has 1 unspecified atom stereocenters. The van der Waals surface area contributed by atoms with Gasteiger partial charge in [-0.1, -0.05) is 0 Å². The molecule has 1 aromatic heterocycles. The number of hydrogen-bond acceptors (Lipinski definition) is 5. The molecule has 1 atom stereocenters. The molecular weight excluding hydrogens is 505 g/mol. The summed E-state index contributed by atoms with van der Waals surface area (Å²) in [5.41, 5.74) is 6.55. The number of benzene rings is 1. The van der Waals surface area contributed by atoms with Crippen LogP contribution in [0.5, 0.6) is 0 Å². The Morgan fingerprint density at radius 3 is 2.21 bits per heavy atom. The van der Waals surface area contributed by atoms with Crippen LogP contribution in [0, 0.1) is 5.82 Å². The highest BCUT2D eigenvalue weighted by Crippen LogP contribution is 2.23. The molecule has 34 heavy (non-hydrogen) atoms. The number of nitrogens with two attached hydrogens (primary N) is 1. The maximum atomic E-state index is 13.5. The lowest BCUT2D eigenvalue weighted by Crippen LogP contribution is -2.64. The third kappa shape index (κ3) is 5.44. The Morgan fingerprint density at radius 2 is 1.59 bits per heavy atom. The molecule has 3 N–H and O–H groups in total. The minimum Gasteiger partial charge on any atom is -0.350 e. The number of halogens is 2. The van der Waals surface area contributed by atoms with Crippen molar-refractivity contribution in [2.24, 2.45) is 5.73 Å². The molecule has 8 nitrogen and oxygen atoms in total. The molecule has 10 heteroatoms. The van der Waals surface area contributed by atoms with Crippen LogP contribution in [0.3, 0.4) is 0 Å². The molecule has 2 aromatic rings. The zero-order chi connectivity index (χ0) is 24.2. The van der Waals surface area contributed by atoms with Crippen LogP contribution in [0.4, 0.5) is 4.39 Å².